The van der Waals surface area contributed by atoms with Gasteiger partial charge in [-0.15, -0.1) is 3.96 Å². The van der Waals surface area contributed by atoms with Crippen LogP contribution in [0.3, 0.4) is 0 Å². The molecule has 15 nitrogen and oxygen atoms in total. The lowest BCUT2D eigenvalue weighted by molar-refractivity contribution is -0.910. The maximum atomic E-state index is 5.25. The van der Waals surface area contributed by atoms with Crippen molar-refractivity contribution < 1.29 is 45.5 Å². The van der Waals surface area contributed by atoms with Gasteiger partial charge in [-0.05, 0) is 103 Å². The number of rotatable bonds is 1. The summed E-state index contributed by atoms with van der Waals surface area (Å²) in [7, 11) is 2.14. The van der Waals surface area contributed by atoms with Crippen LogP contribution in [0.5, 0.6) is 0 Å². The van der Waals surface area contributed by atoms with Crippen LogP contribution in [0.2, 0.25) is 0 Å². The molecule has 0 N–H and O–H groups in total. The highest BCUT2D eigenvalue weighted by molar-refractivity contribution is 6.99. The molecule has 12 rings (SSSR count). The summed E-state index contributed by atoms with van der Waals surface area (Å²) in [6.07, 6.45) is 20.6. The summed E-state index contributed by atoms with van der Waals surface area (Å²) < 4.78 is 25.2. The van der Waals surface area contributed by atoms with Crippen molar-refractivity contribution in [2.24, 2.45) is 7.05 Å². The molecule has 0 radical (unpaired) electrons. The third-order valence-corrected chi connectivity index (χ3v) is 15.9. The van der Waals surface area contributed by atoms with Crippen LogP contribution in [0.25, 0.3) is 38.5 Å². The van der Waals surface area contributed by atoms with Crippen molar-refractivity contribution in [3.63, 3.8) is 0 Å². The second-order valence-corrected chi connectivity index (χ2v) is 32.5. The fraction of sp³-hybridized carbons (Fsp3) is 0.425. The van der Waals surface area contributed by atoms with Gasteiger partial charge in [0, 0.05) is 180 Å². The van der Waals surface area contributed by atoms with Crippen LogP contribution in [0.4, 0.5) is 0 Å². The molecule has 0 aliphatic heterocycles. The Morgan fingerprint density at radius 2 is 1.01 bits per heavy atom. The van der Waals surface area contributed by atoms with Crippen molar-refractivity contribution in [1.29, 1.82) is 0 Å². The van der Waals surface area contributed by atoms with Gasteiger partial charge in [0.25, 0.3) is 12.7 Å². The molecule has 8 heterocycles. The van der Waals surface area contributed by atoms with Crippen molar-refractivity contribution in [3.05, 3.63) is 237 Å². The Hall–Kier alpha value is -8.76. The van der Waals surface area contributed by atoms with E-state index in [1.807, 2.05) is 119 Å². The molecule has 510 valence electrons. The zero-order valence-corrected chi connectivity index (χ0v) is 63.7. The van der Waals surface area contributed by atoms with Crippen LogP contribution in [0.15, 0.2) is 235 Å². The lowest BCUT2D eigenvalue weighted by atomic mass is 9.90. The third kappa shape index (κ3) is 23.9. The van der Waals surface area contributed by atoms with Crippen molar-refractivity contribution in [2.45, 2.75) is 217 Å². The normalized spacial score (nSPS) is 11.9. The lowest BCUT2D eigenvalue weighted by Crippen LogP contribution is -2.58. The van der Waals surface area contributed by atoms with Gasteiger partial charge in [0.2, 0.25) is 39.5 Å². The predicted octanol–water partition coefficient (Wildman–Crippen LogP) is 15.3. The van der Waals surface area contributed by atoms with E-state index in [2.05, 4.69) is 318 Å². The summed E-state index contributed by atoms with van der Waals surface area (Å²) >= 11 is 1.75. The maximum Gasteiger partial charge on any atom is 0.297 e. The number of fused-ring (bicyclic) bond motifs is 3. The monoisotopic (exact) mass is 1320 g/mol. The van der Waals surface area contributed by atoms with E-state index in [1.165, 1.54) is 33.0 Å². The van der Waals surface area contributed by atoms with Crippen molar-refractivity contribution in [1.82, 2.24) is 25.0 Å². The first-order valence-electron chi connectivity index (χ1n) is 33.2. The molecule has 0 saturated carbocycles. The summed E-state index contributed by atoms with van der Waals surface area (Å²) in [5.41, 5.74) is 9.26. The molecule has 0 amide bonds. The predicted molar refractivity (Wildman–Crippen MR) is 388 cm³/mol. The zero-order chi connectivity index (χ0) is 71.5. The van der Waals surface area contributed by atoms with Crippen molar-refractivity contribution >= 4 is 44.4 Å². The minimum absolute atomic E-state index is 0.0631. The van der Waals surface area contributed by atoms with E-state index < -0.39 is 0 Å². The number of aromatic nitrogens is 13. The third-order valence-electron chi connectivity index (χ3n) is 14.7. The lowest BCUT2D eigenvalue weighted by Gasteiger charge is -2.16. The summed E-state index contributed by atoms with van der Waals surface area (Å²) in [5.74, 6) is 0. The number of aryl methyl sites for hydroxylation is 2. The Kier molecular flexibility index (Phi) is 27.0. The van der Waals surface area contributed by atoms with Gasteiger partial charge in [-0.2, -0.15) is 13.7 Å². The molecule has 0 bridgehead atoms. The molecule has 0 fully saturated rings. The molecule has 96 heavy (non-hydrogen) atoms. The molecule has 0 aliphatic carbocycles. The summed E-state index contributed by atoms with van der Waals surface area (Å²) in [4.78, 5) is 12.0. The van der Waals surface area contributed by atoms with Gasteiger partial charge in [-0.3, -0.25) is 0 Å². The van der Waals surface area contributed by atoms with Crippen molar-refractivity contribution in [3.8, 4) is 5.69 Å². The molecule has 0 spiro atoms. The number of hydrogen-bond acceptors (Lipinski definition) is 7. The zero-order valence-electron chi connectivity index (χ0n) is 62.9. The maximum absolute atomic E-state index is 5.25. The first kappa shape index (κ1) is 77.9. The molecule has 0 unspecified atom stereocenters. The van der Waals surface area contributed by atoms with E-state index >= 15 is 0 Å². The molecule has 16 heteroatoms. The SMILES string of the molecule is CC(C)(C)[n+]1cccc2ccccc21.CC(C)(C)[n+]1cccnc1.CC(C)(C)[n+]1ccco1.CC(C)(C)[n+]1cccs1.CC(C)(C)[n+]1ccnc2ccccc21.CC(C)(C)[n+]1ncnn1-c1ccccc1.C[n+]1c(C(C)(C)C)ccc2ccccc21.Cc1cco[n+]1C(C)(C)C. The van der Waals surface area contributed by atoms with E-state index in [4.69, 9.17) is 9.05 Å². The van der Waals surface area contributed by atoms with Gasteiger partial charge in [-0.1, -0.05) is 80.4 Å². The molecular weight excluding hydrogens is 1210 g/mol. The van der Waals surface area contributed by atoms with E-state index in [1.54, 1.807) is 41.4 Å². The van der Waals surface area contributed by atoms with Gasteiger partial charge in [0.1, 0.15) is 47.1 Å². The van der Waals surface area contributed by atoms with Gasteiger partial charge in [-0.25, -0.2) is 18.6 Å². The minimum Gasteiger partial charge on any atom is -0.244 e. The smallest absolute Gasteiger partial charge is 0.244 e. The molecule has 12 aromatic rings. The van der Waals surface area contributed by atoms with E-state index in [0.717, 1.165) is 16.9 Å². The van der Waals surface area contributed by atoms with Gasteiger partial charge in [0.05, 0.1) is 28.9 Å². The largest absolute Gasteiger partial charge is 0.297 e. The highest BCUT2D eigenvalue weighted by Gasteiger charge is 2.30. The average molecular weight is 1320 g/mol. The Bertz CT molecular complexity index is 4070. The van der Waals surface area contributed by atoms with Gasteiger partial charge in [0.15, 0.2) is 53.4 Å². The number of pyridine rings is 2. The molecular formula is C80H115N13O2S+8. The number of hydrogen-bond donors (Lipinski definition) is 0. The van der Waals surface area contributed by atoms with Crippen LogP contribution < -0.4 is 36.5 Å². The van der Waals surface area contributed by atoms with E-state index in [9.17, 15) is 0 Å². The number of benzene rings is 4. The first-order valence-corrected chi connectivity index (χ1v) is 34.1. The number of tetrazole rings is 1. The van der Waals surface area contributed by atoms with Crippen LogP contribution in [0.1, 0.15) is 178 Å². The van der Waals surface area contributed by atoms with E-state index in [0.29, 0.717) is 0 Å². The van der Waals surface area contributed by atoms with Crippen LogP contribution >= 0.6 is 11.5 Å². The average Bonchev–Trinajstić information content (AvgIpc) is 1.33. The number of nitrogens with zero attached hydrogens (tertiary/aromatic N) is 13. The summed E-state index contributed by atoms with van der Waals surface area (Å²) in [6, 6.07) is 51.7. The van der Waals surface area contributed by atoms with Gasteiger partial charge >= 0.3 is 0 Å². The number of para-hydroxylation sites is 5. The van der Waals surface area contributed by atoms with Gasteiger partial charge < -0.3 is 0 Å². The quantitative estimate of drug-likeness (QED) is 0.151. The van der Waals surface area contributed by atoms with E-state index in [-0.39, 0.29) is 44.2 Å². The second-order valence-electron chi connectivity index (χ2n) is 31.6. The fourth-order valence-corrected chi connectivity index (χ4v) is 10.6. The first-order chi connectivity index (χ1) is 44.6. The molecule has 0 atom stereocenters. The second kappa shape index (κ2) is 33.3. The van der Waals surface area contributed by atoms with Crippen molar-refractivity contribution in [2.75, 3.05) is 0 Å². The fourth-order valence-electron chi connectivity index (χ4n) is 9.90. The highest BCUT2D eigenvalue weighted by atomic mass is 32.1. The summed E-state index contributed by atoms with van der Waals surface area (Å²) in [6.45, 7) is 54.0. The highest BCUT2D eigenvalue weighted by Crippen LogP contribution is 2.21. The van der Waals surface area contributed by atoms with Crippen LogP contribution in [0, 0.1) is 6.92 Å². The van der Waals surface area contributed by atoms with Crippen LogP contribution in [-0.2, 0) is 51.2 Å². The summed E-state index contributed by atoms with van der Waals surface area (Å²) in [5, 5.41) is 13.1. The standard InChI is InChI=1S/C14H18N.C13H16N.C12H15N2.C11H15N4.C8H13N2.C8H14NO.C7H12NO.C7H12NS/c1-14(2,3)13-10-9-11-7-5-6-8-12(11)15(13)4;1-13(2,3)14-10-6-8-11-7-4-5-9-12(11)14;1-12(2,3)14-9-8-13-10-6-4-5-7-11(10)14;1-11(2,3)15-13-9-12-14(15)10-7-5-4-6-8-10;1-8(2,3)10-6-4-5-9-7-10;1-7-5-6-10-9(7)8(2,3)4;2*1-7(2,3)8-5-4-6-9-8/h5-10H,1-4H3;4-10H,1-3H3;4-9H,1-3H3;4-9H,1-3H3;4-7H,1-3H3;5-6H,1-4H3;2*4-6H,1-3H3/q8*+1. The Labute approximate surface area is 578 Å². The Morgan fingerprint density at radius 1 is 0.438 bits per heavy atom. The molecule has 4 aromatic carbocycles. The molecule has 8 aromatic heterocycles. The molecule has 0 aliphatic rings. The van der Waals surface area contributed by atoms with Crippen LogP contribution in [-0.4, -0.2) is 25.0 Å². The Balaban J connectivity index is 0.000000200. The topological polar surface area (TPSA) is 114 Å². The molecule has 0 saturated heterocycles. The Morgan fingerprint density at radius 3 is 1.47 bits per heavy atom. The minimum atomic E-state index is -0.0770.